The normalized spacial score (nSPS) is 26.8. The van der Waals surface area contributed by atoms with Gasteiger partial charge in [0.2, 0.25) is 0 Å². The fourth-order valence-corrected chi connectivity index (χ4v) is 2.73. The molecule has 0 aromatic carbocycles. The highest BCUT2D eigenvalue weighted by molar-refractivity contribution is 7.11. The lowest BCUT2D eigenvalue weighted by Gasteiger charge is -2.23. The zero-order valence-electron chi connectivity index (χ0n) is 8.96. The summed E-state index contributed by atoms with van der Waals surface area (Å²) in [5, 5.41) is 9.41. The van der Waals surface area contributed by atoms with E-state index in [1.165, 1.54) is 0 Å². The lowest BCUT2D eigenvalue weighted by molar-refractivity contribution is -0.137. The van der Waals surface area contributed by atoms with E-state index in [9.17, 15) is 18.3 Å². The third-order valence-electron chi connectivity index (χ3n) is 2.75. The van der Waals surface area contributed by atoms with E-state index in [2.05, 4.69) is 4.98 Å². The summed E-state index contributed by atoms with van der Waals surface area (Å²) in [6, 6.07) is 0. The quantitative estimate of drug-likeness (QED) is 0.850. The van der Waals surface area contributed by atoms with Crippen molar-refractivity contribution < 1.29 is 23.0 Å². The van der Waals surface area contributed by atoms with E-state index < -0.39 is 16.8 Å². The topological polar surface area (TPSA) is 42.4 Å². The molecule has 2 rings (SSSR count). The standard InChI is InChI=1S/C10H12F3NO2S/c11-10(12,13)8-14-6-7(17-8)9(15)2-1-4-16-5-3-9/h6,15H,1-5H2. The third kappa shape index (κ3) is 2.78. The molecule has 0 spiro atoms. The van der Waals surface area contributed by atoms with E-state index >= 15 is 0 Å². The summed E-state index contributed by atoms with van der Waals surface area (Å²) in [5.74, 6) is 0. The van der Waals surface area contributed by atoms with Crippen LogP contribution >= 0.6 is 11.3 Å². The molecule has 0 aliphatic carbocycles. The number of ether oxygens (including phenoxy) is 1. The Morgan fingerprint density at radius 1 is 1.35 bits per heavy atom. The van der Waals surface area contributed by atoms with Crippen LogP contribution in [0.4, 0.5) is 13.2 Å². The number of rotatable bonds is 1. The van der Waals surface area contributed by atoms with Gasteiger partial charge in [0.05, 0.1) is 4.88 Å². The minimum absolute atomic E-state index is 0.273. The molecule has 1 unspecified atom stereocenters. The first-order valence-corrected chi connectivity index (χ1v) is 6.07. The van der Waals surface area contributed by atoms with Gasteiger partial charge in [0.25, 0.3) is 0 Å². The molecule has 1 fully saturated rings. The monoisotopic (exact) mass is 267 g/mol. The summed E-state index contributed by atoms with van der Waals surface area (Å²) >= 11 is 0.513. The zero-order chi connectivity index (χ0) is 12.5. The van der Waals surface area contributed by atoms with Gasteiger partial charge in [-0.1, -0.05) is 0 Å². The Hall–Kier alpha value is -0.660. The van der Waals surface area contributed by atoms with E-state index in [0.29, 0.717) is 43.8 Å². The van der Waals surface area contributed by atoms with Crippen LogP contribution in [-0.2, 0) is 16.5 Å². The summed E-state index contributed by atoms with van der Waals surface area (Å²) in [4.78, 5) is 3.60. The molecular weight excluding hydrogens is 255 g/mol. The molecule has 17 heavy (non-hydrogen) atoms. The first-order chi connectivity index (χ1) is 7.92. The van der Waals surface area contributed by atoms with Crippen molar-refractivity contribution >= 4 is 11.3 Å². The number of alkyl halides is 3. The van der Waals surface area contributed by atoms with Gasteiger partial charge in [0, 0.05) is 25.8 Å². The summed E-state index contributed by atoms with van der Waals surface area (Å²) in [5.41, 5.74) is -1.22. The van der Waals surface area contributed by atoms with Gasteiger partial charge in [-0.2, -0.15) is 13.2 Å². The van der Waals surface area contributed by atoms with Crippen LogP contribution in [0.2, 0.25) is 0 Å². The van der Waals surface area contributed by atoms with Crippen molar-refractivity contribution in [3.63, 3.8) is 0 Å². The van der Waals surface area contributed by atoms with Crippen molar-refractivity contribution in [3.05, 3.63) is 16.1 Å². The SMILES string of the molecule is OC1(c2cnc(C(F)(F)F)s2)CCCOCC1. The largest absolute Gasteiger partial charge is 0.443 e. The predicted octanol–water partition coefficient (Wildman–Crippen LogP) is 2.55. The Bertz CT molecular complexity index is 383. The minimum atomic E-state index is -4.44. The van der Waals surface area contributed by atoms with E-state index in [0.717, 1.165) is 6.20 Å². The molecule has 0 radical (unpaired) electrons. The molecule has 7 heteroatoms. The molecule has 1 aliphatic heterocycles. The van der Waals surface area contributed by atoms with Crippen LogP contribution in [0.3, 0.4) is 0 Å². The molecule has 1 N–H and O–H groups in total. The number of halogens is 3. The van der Waals surface area contributed by atoms with Gasteiger partial charge < -0.3 is 9.84 Å². The molecule has 0 saturated carbocycles. The van der Waals surface area contributed by atoms with Crippen molar-refractivity contribution in [2.45, 2.75) is 31.0 Å². The fraction of sp³-hybridized carbons (Fsp3) is 0.700. The van der Waals surface area contributed by atoms with Gasteiger partial charge in [-0.25, -0.2) is 4.98 Å². The minimum Gasteiger partial charge on any atom is -0.384 e. The fourth-order valence-electron chi connectivity index (χ4n) is 1.80. The van der Waals surface area contributed by atoms with Gasteiger partial charge in [0.1, 0.15) is 5.60 Å². The Morgan fingerprint density at radius 2 is 2.12 bits per heavy atom. The number of thiazole rings is 1. The molecule has 3 nitrogen and oxygen atoms in total. The number of nitrogens with zero attached hydrogens (tertiary/aromatic N) is 1. The molecule has 96 valence electrons. The second kappa shape index (κ2) is 4.55. The molecule has 1 atom stereocenters. The van der Waals surface area contributed by atoms with E-state index in [1.54, 1.807) is 0 Å². The summed E-state index contributed by atoms with van der Waals surface area (Å²) in [7, 11) is 0. The molecule has 2 heterocycles. The van der Waals surface area contributed by atoms with E-state index in [-0.39, 0.29) is 4.88 Å². The Kier molecular flexibility index (Phi) is 3.42. The number of hydrogen-bond donors (Lipinski definition) is 1. The predicted molar refractivity (Wildman–Crippen MR) is 55.7 cm³/mol. The van der Waals surface area contributed by atoms with E-state index in [4.69, 9.17) is 4.74 Å². The molecule has 0 amide bonds. The average Bonchev–Trinajstić information content (AvgIpc) is 2.64. The van der Waals surface area contributed by atoms with Crippen molar-refractivity contribution in [1.29, 1.82) is 0 Å². The van der Waals surface area contributed by atoms with Crippen LogP contribution in [-0.4, -0.2) is 23.3 Å². The van der Waals surface area contributed by atoms with Crippen LogP contribution in [0.5, 0.6) is 0 Å². The number of aromatic nitrogens is 1. The van der Waals surface area contributed by atoms with Gasteiger partial charge >= 0.3 is 6.18 Å². The van der Waals surface area contributed by atoms with Crippen molar-refractivity contribution in [2.24, 2.45) is 0 Å². The second-order valence-electron chi connectivity index (χ2n) is 4.02. The zero-order valence-corrected chi connectivity index (χ0v) is 9.77. The van der Waals surface area contributed by atoms with Crippen LogP contribution in [0, 0.1) is 0 Å². The molecule has 1 aromatic heterocycles. The van der Waals surface area contributed by atoms with Crippen molar-refractivity contribution in [2.75, 3.05) is 13.2 Å². The first-order valence-electron chi connectivity index (χ1n) is 5.25. The van der Waals surface area contributed by atoms with Gasteiger partial charge in [0.15, 0.2) is 5.01 Å². The number of hydrogen-bond acceptors (Lipinski definition) is 4. The van der Waals surface area contributed by atoms with Gasteiger partial charge in [-0.15, -0.1) is 11.3 Å². The van der Waals surface area contributed by atoms with Gasteiger partial charge in [-0.3, -0.25) is 0 Å². The average molecular weight is 267 g/mol. The highest BCUT2D eigenvalue weighted by Gasteiger charge is 2.38. The summed E-state index contributed by atoms with van der Waals surface area (Å²) in [6.45, 7) is 0.892. The molecule has 0 bridgehead atoms. The van der Waals surface area contributed by atoms with Crippen molar-refractivity contribution in [3.8, 4) is 0 Å². The highest BCUT2D eigenvalue weighted by Crippen LogP contribution is 2.39. The molecule has 1 saturated heterocycles. The maximum atomic E-state index is 12.4. The lowest BCUT2D eigenvalue weighted by Crippen LogP contribution is -2.24. The number of aliphatic hydroxyl groups is 1. The van der Waals surface area contributed by atoms with E-state index in [1.807, 2.05) is 0 Å². The maximum Gasteiger partial charge on any atom is 0.443 e. The second-order valence-corrected chi connectivity index (χ2v) is 5.06. The van der Waals surface area contributed by atoms with Gasteiger partial charge in [-0.05, 0) is 12.8 Å². The Morgan fingerprint density at radius 3 is 2.76 bits per heavy atom. The molecular formula is C10H12F3NO2S. The Labute approximate surface area is 100 Å². The molecule has 1 aromatic rings. The summed E-state index contributed by atoms with van der Waals surface area (Å²) in [6.07, 6.45) is -1.96. The van der Waals surface area contributed by atoms with Crippen LogP contribution in [0.25, 0.3) is 0 Å². The third-order valence-corrected chi connectivity index (χ3v) is 3.98. The van der Waals surface area contributed by atoms with Crippen molar-refractivity contribution in [1.82, 2.24) is 4.98 Å². The summed E-state index contributed by atoms with van der Waals surface area (Å²) < 4.78 is 42.4. The smallest absolute Gasteiger partial charge is 0.384 e. The van der Waals surface area contributed by atoms with Crippen LogP contribution < -0.4 is 0 Å². The first kappa shape index (κ1) is 12.8. The highest BCUT2D eigenvalue weighted by atomic mass is 32.1. The van der Waals surface area contributed by atoms with Crippen LogP contribution in [0.1, 0.15) is 29.1 Å². The molecule has 1 aliphatic rings. The maximum absolute atomic E-state index is 12.4. The lowest BCUT2D eigenvalue weighted by atomic mass is 9.94. The van der Waals surface area contributed by atoms with Crippen LogP contribution in [0.15, 0.2) is 6.20 Å². The Balaban J connectivity index is 2.23.